The van der Waals surface area contributed by atoms with E-state index in [4.69, 9.17) is 16.3 Å². The second kappa shape index (κ2) is 7.17. The van der Waals surface area contributed by atoms with Crippen molar-refractivity contribution in [3.8, 4) is 6.01 Å². The van der Waals surface area contributed by atoms with Gasteiger partial charge < -0.3 is 9.64 Å². The lowest BCUT2D eigenvalue weighted by molar-refractivity contribution is 0.291. The average molecular weight is 311 g/mol. The summed E-state index contributed by atoms with van der Waals surface area (Å²) in [6.45, 7) is 4.94. The Balaban J connectivity index is 2.35. The molecule has 0 N–H and O–H groups in total. The van der Waals surface area contributed by atoms with Gasteiger partial charge in [-0.25, -0.2) is 4.39 Å². The summed E-state index contributed by atoms with van der Waals surface area (Å²) in [6, 6.07) is 6.37. The number of halogens is 2. The number of benzene rings is 1. The van der Waals surface area contributed by atoms with Crippen molar-refractivity contribution in [2.75, 3.05) is 18.1 Å². The molecular weight excluding hydrogens is 295 g/mol. The molecule has 0 saturated heterocycles. The molecule has 2 aromatic rings. The molecule has 7 heteroatoms. The molecule has 0 atom stereocenters. The van der Waals surface area contributed by atoms with Gasteiger partial charge in [-0.15, -0.1) is 0 Å². The minimum Gasteiger partial charge on any atom is -0.463 e. The van der Waals surface area contributed by atoms with Crippen molar-refractivity contribution < 1.29 is 9.13 Å². The summed E-state index contributed by atoms with van der Waals surface area (Å²) < 4.78 is 18.8. The van der Waals surface area contributed by atoms with Crippen molar-refractivity contribution >= 4 is 23.2 Å². The van der Waals surface area contributed by atoms with Crippen molar-refractivity contribution in [2.45, 2.75) is 20.3 Å². The number of aromatic nitrogens is 3. The number of anilines is 2. The number of ether oxygens (including phenoxy) is 1. The van der Waals surface area contributed by atoms with E-state index in [-0.39, 0.29) is 17.1 Å². The largest absolute Gasteiger partial charge is 0.463 e. The Bertz CT molecular complexity index is 611. The highest BCUT2D eigenvalue weighted by atomic mass is 35.5. The van der Waals surface area contributed by atoms with Crippen LogP contribution in [-0.4, -0.2) is 28.1 Å². The van der Waals surface area contributed by atoms with Crippen molar-refractivity contribution in [1.82, 2.24) is 15.0 Å². The first-order valence-electron chi connectivity index (χ1n) is 6.71. The van der Waals surface area contributed by atoms with E-state index >= 15 is 0 Å². The van der Waals surface area contributed by atoms with Crippen LogP contribution in [0.5, 0.6) is 6.01 Å². The SMILES string of the molecule is CCCOc1nc(Cl)nc(N(CC)c2cccc(F)c2)n1. The number of rotatable bonds is 6. The number of nitrogens with zero attached hydrogens (tertiary/aromatic N) is 4. The van der Waals surface area contributed by atoms with Gasteiger partial charge in [0.1, 0.15) is 5.82 Å². The Kier molecular flexibility index (Phi) is 5.27. The second-order valence-electron chi connectivity index (χ2n) is 4.26. The highest BCUT2D eigenvalue weighted by Gasteiger charge is 2.14. The molecule has 0 aliphatic heterocycles. The number of hydrogen-bond acceptors (Lipinski definition) is 5. The van der Waals surface area contributed by atoms with Gasteiger partial charge in [-0.1, -0.05) is 13.0 Å². The predicted molar refractivity (Wildman–Crippen MR) is 79.7 cm³/mol. The lowest BCUT2D eigenvalue weighted by Gasteiger charge is -2.21. The quantitative estimate of drug-likeness (QED) is 0.815. The zero-order valence-electron chi connectivity index (χ0n) is 11.9. The normalized spacial score (nSPS) is 10.5. The molecule has 0 bridgehead atoms. The van der Waals surface area contributed by atoms with Gasteiger partial charge in [0, 0.05) is 12.2 Å². The fraction of sp³-hybridized carbons (Fsp3) is 0.357. The molecule has 0 spiro atoms. The summed E-state index contributed by atoms with van der Waals surface area (Å²) in [4.78, 5) is 14.0. The van der Waals surface area contributed by atoms with Crippen LogP contribution < -0.4 is 9.64 Å². The molecule has 0 aliphatic rings. The molecule has 1 aromatic heterocycles. The van der Waals surface area contributed by atoms with Gasteiger partial charge in [-0.3, -0.25) is 0 Å². The van der Waals surface area contributed by atoms with Crippen LogP contribution in [0.2, 0.25) is 5.28 Å². The van der Waals surface area contributed by atoms with Gasteiger partial charge in [0.15, 0.2) is 0 Å². The van der Waals surface area contributed by atoms with Crippen molar-refractivity contribution in [3.05, 3.63) is 35.4 Å². The molecule has 0 fully saturated rings. The topological polar surface area (TPSA) is 51.1 Å². The summed E-state index contributed by atoms with van der Waals surface area (Å²) in [5.41, 5.74) is 0.640. The second-order valence-corrected chi connectivity index (χ2v) is 4.60. The molecule has 0 aliphatic carbocycles. The third-order valence-electron chi connectivity index (χ3n) is 2.69. The molecule has 1 heterocycles. The minimum absolute atomic E-state index is 0.0426. The first kappa shape index (κ1) is 15.4. The van der Waals surface area contributed by atoms with E-state index in [9.17, 15) is 4.39 Å². The predicted octanol–water partition coefficient (Wildman–Crippen LogP) is 3.61. The maximum absolute atomic E-state index is 13.4. The maximum Gasteiger partial charge on any atom is 0.322 e. The summed E-state index contributed by atoms with van der Waals surface area (Å²) >= 11 is 5.91. The maximum atomic E-state index is 13.4. The lowest BCUT2D eigenvalue weighted by Crippen LogP contribution is -2.20. The highest BCUT2D eigenvalue weighted by Crippen LogP contribution is 2.24. The summed E-state index contributed by atoms with van der Waals surface area (Å²) in [6.07, 6.45) is 0.833. The zero-order valence-corrected chi connectivity index (χ0v) is 12.6. The van der Waals surface area contributed by atoms with Gasteiger partial charge in [-0.05, 0) is 43.1 Å². The highest BCUT2D eigenvalue weighted by molar-refractivity contribution is 6.28. The molecule has 5 nitrogen and oxygen atoms in total. The molecule has 0 amide bonds. The first-order valence-corrected chi connectivity index (χ1v) is 7.09. The summed E-state index contributed by atoms with van der Waals surface area (Å²) in [5.74, 6) is 0.00256. The summed E-state index contributed by atoms with van der Waals surface area (Å²) in [7, 11) is 0. The molecule has 0 saturated carbocycles. The third kappa shape index (κ3) is 4.01. The Labute approximate surface area is 127 Å². The lowest BCUT2D eigenvalue weighted by atomic mass is 10.3. The van der Waals surface area contributed by atoms with Crippen LogP contribution >= 0.6 is 11.6 Å². The van der Waals surface area contributed by atoms with E-state index in [2.05, 4.69) is 15.0 Å². The van der Waals surface area contributed by atoms with Crippen LogP contribution in [-0.2, 0) is 0 Å². The Morgan fingerprint density at radius 2 is 2.05 bits per heavy atom. The van der Waals surface area contributed by atoms with Crippen LogP contribution in [0.15, 0.2) is 24.3 Å². The zero-order chi connectivity index (χ0) is 15.2. The van der Waals surface area contributed by atoms with E-state index in [0.29, 0.717) is 24.8 Å². The molecule has 0 radical (unpaired) electrons. The standard InChI is InChI=1S/C14H16ClFN4O/c1-3-8-21-14-18-12(15)17-13(19-14)20(4-2)11-7-5-6-10(16)9-11/h5-7,9H,3-4,8H2,1-2H3. The summed E-state index contributed by atoms with van der Waals surface area (Å²) in [5, 5.41) is 0.0426. The van der Waals surface area contributed by atoms with Crippen LogP contribution in [0.25, 0.3) is 0 Å². The molecule has 21 heavy (non-hydrogen) atoms. The van der Waals surface area contributed by atoms with Crippen molar-refractivity contribution in [2.24, 2.45) is 0 Å². The molecule has 0 unspecified atom stereocenters. The van der Waals surface area contributed by atoms with E-state index in [1.807, 2.05) is 13.8 Å². The van der Waals surface area contributed by atoms with E-state index in [0.717, 1.165) is 6.42 Å². The molecule has 112 valence electrons. The van der Waals surface area contributed by atoms with Gasteiger partial charge in [0.2, 0.25) is 11.2 Å². The Morgan fingerprint density at radius 3 is 2.71 bits per heavy atom. The Hall–Kier alpha value is -1.95. The smallest absolute Gasteiger partial charge is 0.322 e. The molecule has 1 aromatic carbocycles. The van der Waals surface area contributed by atoms with Crippen LogP contribution in [0.3, 0.4) is 0 Å². The molecular formula is C14H16ClFN4O. The van der Waals surface area contributed by atoms with Crippen LogP contribution in [0.4, 0.5) is 16.0 Å². The van der Waals surface area contributed by atoms with Crippen molar-refractivity contribution in [3.63, 3.8) is 0 Å². The van der Waals surface area contributed by atoms with Crippen LogP contribution in [0, 0.1) is 5.82 Å². The molecule has 2 rings (SSSR count). The fourth-order valence-corrected chi connectivity index (χ4v) is 1.93. The minimum atomic E-state index is -0.325. The number of hydrogen-bond donors (Lipinski definition) is 0. The van der Waals surface area contributed by atoms with Crippen LogP contribution in [0.1, 0.15) is 20.3 Å². The average Bonchev–Trinajstić information content (AvgIpc) is 2.45. The van der Waals surface area contributed by atoms with Gasteiger partial charge in [0.25, 0.3) is 0 Å². The van der Waals surface area contributed by atoms with E-state index in [1.54, 1.807) is 17.0 Å². The van der Waals surface area contributed by atoms with E-state index in [1.165, 1.54) is 12.1 Å². The first-order chi connectivity index (χ1) is 10.1. The van der Waals surface area contributed by atoms with E-state index < -0.39 is 0 Å². The third-order valence-corrected chi connectivity index (χ3v) is 2.86. The fourth-order valence-electron chi connectivity index (χ4n) is 1.78. The van der Waals surface area contributed by atoms with Gasteiger partial charge in [-0.2, -0.15) is 15.0 Å². The van der Waals surface area contributed by atoms with Crippen molar-refractivity contribution in [1.29, 1.82) is 0 Å². The Morgan fingerprint density at radius 1 is 1.24 bits per heavy atom. The monoisotopic (exact) mass is 310 g/mol. The van der Waals surface area contributed by atoms with Gasteiger partial charge in [0.05, 0.1) is 6.61 Å². The van der Waals surface area contributed by atoms with Gasteiger partial charge >= 0.3 is 6.01 Å².